The fourth-order valence-electron chi connectivity index (χ4n) is 4.03. The van der Waals surface area contributed by atoms with E-state index in [4.69, 9.17) is 21.7 Å². The fraction of sp³-hybridized carbons (Fsp3) is 0.241. The first-order valence-corrected chi connectivity index (χ1v) is 12.6. The Hall–Kier alpha value is -4.17. The number of halogens is 1. The van der Waals surface area contributed by atoms with Crippen molar-refractivity contribution in [3.63, 3.8) is 0 Å². The molecule has 1 amide bonds. The largest absolute Gasteiger partial charge is 0.495 e. The van der Waals surface area contributed by atoms with Crippen LogP contribution in [0, 0.1) is 12.3 Å². The number of anilines is 1. The summed E-state index contributed by atoms with van der Waals surface area (Å²) in [5.74, 6) is -0.0893. The Bertz CT molecular complexity index is 1440. The van der Waals surface area contributed by atoms with E-state index < -0.39 is 17.5 Å². The van der Waals surface area contributed by atoms with Gasteiger partial charge in [0.1, 0.15) is 18.1 Å². The summed E-state index contributed by atoms with van der Waals surface area (Å²) in [6.45, 7) is 1.91. The number of rotatable bonds is 11. The van der Waals surface area contributed by atoms with Crippen LogP contribution in [0.1, 0.15) is 41.2 Å². The standard InChI is InChI=1S/C29H29ClN4O4/c1-18-3-6-20(30)13-24(18)25-15-28(36)34(16-27(25)38-2)26(14-21(31)11-12-32-22-9-10-22)29(37)33-23-7-4-19(17-35)5-8-23/h3-8,11-13,15-17,22,26,31-32H,9-10,14H2,1-2H3,(H,33,37)/b12-11-,31-21?/t26-/m0/s1. The Labute approximate surface area is 225 Å². The van der Waals surface area contributed by atoms with Crippen molar-refractivity contribution in [1.29, 1.82) is 5.41 Å². The summed E-state index contributed by atoms with van der Waals surface area (Å²) >= 11 is 6.21. The first-order valence-electron chi connectivity index (χ1n) is 12.2. The van der Waals surface area contributed by atoms with Crippen LogP contribution < -0.4 is 20.9 Å². The van der Waals surface area contributed by atoms with E-state index in [2.05, 4.69) is 10.6 Å². The molecule has 0 saturated heterocycles. The molecule has 0 unspecified atom stereocenters. The molecular formula is C29H29ClN4O4. The molecule has 0 spiro atoms. The zero-order chi connectivity index (χ0) is 27.2. The number of nitrogens with one attached hydrogen (secondary N) is 3. The molecular weight excluding hydrogens is 504 g/mol. The molecule has 1 aliphatic carbocycles. The smallest absolute Gasteiger partial charge is 0.252 e. The van der Waals surface area contributed by atoms with Crippen LogP contribution in [0.4, 0.5) is 5.69 Å². The van der Waals surface area contributed by atoms with E-state index in [0.29, 0.717) is 39.9 Å². The molecule has 0 aliphatic heterocycles. The summed E-state index contributed by atoms with van der Waals surface area (Å²) in [6, 6.07) is 12.6. The van der Waals surface area contributed by atoms with Gasteiger partial charge in [-0.2, -0.15) is 0 Å². The van der Waals surface area contributed by atoms with Gasteiger partial charge in [0.2, 0.25) is 5.91 Å². The number of allylic oxidation sites excluding steroid dienone is 1. The number of nitrogens with zero attached hydrogens (tertiary/aromatic N) is 1. The van der Waals surface area contributed by atoms with E-state index in [9.17, 15) is 14.4 Å². The highest BCUT2D eigenvalue weighted by atomic mass is 35.5. The normalized spacial score (nSPS) is 13.7. The van der Waals surface area contributed by atoms with Crippen molar-refractivity contribution in [1.82, 2.24) is 9.88 Å². The third-order valence-corrected chi connectivity index (χ3v) is 6.55. The summed E-state index contributed by atoms with van der Waals surface area (Å²) in [4.78, 5) is 37.8. The molecule has 9 heteroatoms. The van der Waals surface area contributed by atoms with Crippen LogP contribution in [0.25, 0.3) is 11.1 Å². The molecule has 3 N–H and O–H groups in total. The molecule has 1 aromatic heterocycles. The van der Waals surface area contributed by atoms with Crippen molar-refractivity contribution in [3.05, 3.63) is 93.5 Å². The number of carbonyl (C=O) groups is 2. The number of pyridine rings is 1. The first-order chi connectivity index (χ1) is 18.3. The number of amides is 1. The van der Waals surface area contributed by atoms with Gasteiger partial charge in [0.15, 0.2) is 0 Å². The Balaban J connectivity index is 1.70. The second-order valence-corrected chi connectivity index (χ2v) is 9.65. The predicted octanol–water partition coefficient (Wildman–Crippen LogP) is 5.15. The number of carbonyl (C=O) groups excluding carboxylic acids is 2. The van der Waals surface area contributed by atoms with Crippen LogP contribution in [0.2, 0.25) is 5.02 Å². The maximum atomic E-state index is 13.5. The van der Waals surface area contributed by atoms with Gasteiger partial charge in [-0.05, 0) is 79.6 Å². The zero-order valence-electron chi connectivity index (χ0n) is 21.2. The number of aromatic nitrogens is 1. The van der Waals surface area contributed by atoms with Gasteiger partial charge in [-0.1, -0.05) is 17.7 Å². The molecule has 4 rings (SSSR count). The average molecular weight is 533 g/mol. The van der Waals surface area contributed by atoms with Crippen molar-refractivity contribution in [2.75, 3.05) is 12.4 Å². The lowest BCUT2D eigenvalue weighted by Gasteiger charge is -2.21. The van der Waals surface area contributed by atoms with Gasteiger partial charge in [-0.15, -0.1) is 0 Å². The van der Waals surface area contributed by atoms with Gasteiger partial charge in [0.25, 0.3) is 5.56 Å². The number of ether oxygens (including phenoxy) is 1. The minimum atomic E-state index is -1.03. The monoisotopic (exact) mass is 532 g/mol. The molecule has 3 aromatic rings. The zero-order valence-corrected chi connectivity index (χ0v) is 21.9. The van der Waals surface area contributed by atoms with Gasteiger partial charge in [0, 0.05) is 46.1 Å². The van der Waals surface area contributed by atoms with Crippen LogP contribution in [0.5, 0.6) is 5.75 Å². The minimum Gasteiger partial charge on any atom is -0.495 e. The van der Waals surface area contributed by atoms with E-state index in [1.54, 1.807) is 48.7 Å². The Morgan fingerprint density at radius 1 is 1.18 bits per heavy atom. The van der Waals surface area contributed by atoms with Gasteiger partial charge in [0.05, 0.1) is 13.3 Å². The molecule has 1 aliphatic rings. The number of aryl methyl sites for hydroxylation is 1. The molecule has 0 radical (unpaired) electrons. The summed E-state index contributed by atoms with van der Waals surface area (Å²) in [5, 5.41) is 15.0. The number of benzene rings is 2. The van der Waals surface area contributed by atoms with Crippen LogP contribution >= 0.6 is 11.6 Å². The van der Waals surface area contributed by atoms with Gasteiger partial charge in [-0.25, -0.2) is 0 Å². The highest BCUT2D eigenvalue weighted by molar-refractivity contribution is 6.30. The van der Waals surface area contributed by atoms with E-state index in [1.165, 1.54) is 23.9 Å². The van der Waals surface area contributed by atoms with Crippen molar-refractivity contribution in [2.45, 2.75) is 38.3 Å². The van der Waals surface area contributed by atoms with Gasteiger partial charge >= 0.3 is 0 Å². The van der Waals surface area contributed by atoms with Crippen LogP contribution in [0.3, 0.4) is 0 Å². The maximum absolute atomic E-state index is 13.5. The second kappa shape index (κ2) is 11.9. The molecule has 38 heavy (non-hydrogen) atoms. The van der Waals surface area contributed by atoms with Crippen LogP contribution in [-0.2, 0) is 4.79 Å². The minimum absolute atomic E-state index is 0.0281. The summed E-state index contributed by atoms with van der Waals surface area (Å²) in [7, 11) is 1.49. The third-order valence-electron chi connectivity index (χ3n) is 6.31. The van der Waals surface area contributed by atoms with Crippen molar-refractivity contribution in [3.8, 4) is 16.9 Å². The fourth-order valence-corrected chi connectivity index (χ4v) is 4.20. The topological polar surface area (TPSA) is 113 Å². The van der Waals surface area contributed by atoms with Crippen molar-refractivity contribution >= 4 is 35.2 Å². The second-order valence-electron chi connectivity index (χ2n) is 9.21. The molecule has 1 atom stereocenters. The quantitative estimate of drug-likeness (QED) is 0.233. The lowest BCUT2D eigenvalue weighted by Crippen LogP contribution is -2.34. The first kappa shape index (κ1) is 26.9. The number of hydrogen-bond donors (Lipinski definition) is 3. The highest BCUT2D eigenvalue weighted by Crippen LogP contribution is 2.33. The Morgan fingerprint density at radius 3 is 2.58 bits per heavy atom. The predicted molar refractivity (Wildman–Crippen MR) is 150 cm³/mol. The van der Waals surface area contributed by atoms with E-state index >= 15 is 0 Å². The molecule has 8 nitrogen and oxygen atoms in total. The molecule has 2 aromatic carbocycles. The SMILES string of the molecule is COc1cn([C@@H](CC(=N)/C=C\NC2CC2)C(=O)Nc2ccc(C=O)cc2)c(=O)cc1-c1cc(Cl)ccc1C. The average Bonchev–Trinajstić information content (AvgIpc) is 3.73. The Kier molecular flexibility index (Phi) is 8.43. The Morgan fingerprint density at radius 2 is 1.92 bits per heavy atom. The van der Waals surface area contributed by atoms with Gasteiger partial charge < -0.3 is 20.8 Å². The van der Waals surface area contributed by atoms with E-state index in [-0.39, 0.29) is 12.1 Å². The molecule has 1 fully saturated rings. The van der Waals surface area contributed by atoms with Crippen LogP contribution in [-0.4, -0.2) is 35.6 Å². The van der Waals surface area contributed by atoms with Gasteiger partial charge in [-0.3, -0.25) is 19.0 Å². The highest BCUT2D eigenvalue weighted by Gasteiger charge is 2.25. The third kappa shape index (κ3) is 6.58. The summed E-state index contributed by atoms with van der Waals surface area (Å²) in [5.41, 5.74) is 2.90. The van der Waals surface area contributed by atoms with Crippen LogP contribution in [0.15, 0.2) is 71.8 Å². The van der Waals surface area contributed by atoms with Crippen molar-refractivity contribution in [2.24, 2.45) is 0 Å². The number of aldehydes is 1. The summed E-state index contributed by atoms with van der Waals surface area (Å²) in [6.07, 6.45) is 7.69. The lowest BCUT2D eigenvalue weighted by molar-refractivity contribution is -0.119. The van der Waals surface area contributed by atoms with Crippen molar-refractivity contribution < 1.29 is 14.3 Å². The summed E-state index contributed by atoms with van der Waals surface area (Å²) < 4.78 is 6.91. The molecule has 0 bridgehead atoms. The number of hydrogen-bond acceptors (Lipinski definition) is 6. The number of methoxy groups -OCH3 is 1. The van der Waals surface area contributed by atoms with E-state index in [0.717, 1.165) is 24.0 Å². The maximum Gasteiger partial charge on any atom is 0.252 e. The van der Waals surface area contributed by atoms with E-state index in [1.807, 2.05) is 13.0 Å². The molecule has 1 heterocycles. The molecule has 1 saturated carbocycles. The molecule has 196 valence electrons. The lowest BCUT2D eigenvalue weighted by atomic mass is 10.00.